The van der Waals surface area contributed by atoms with Crippen LogP contribution in [0.3, 0.4) is 0 Å². The van der Waals surface area contributed by atoms with Crippen LogP contribution in [0.25, 0.3) is 11.4 Å². The van der Waals surface area contributed by atoms with Gasteiger partial charge in [0.2, 0.25) is 0 Å². The molecule has 0 saturated heterocycles. The second kappa shape index (κ2) is 5.69. The summed E-state index contributed by atoms with van der Waals surface area (Å²) >= 11 is 0. The Labute approximate surface area is 125 Å². The lowest BCUT2D eigenvalue weighted by Crippen LogP contribution is -2.17. The molecule has 110 valence electrons. The fourth-order valence-electron chi connectivity index (χ4n) is 2.75. The van der Waals surface area contributed by atoms with Gasteiger partial charge in [-0.1, -0.05) is 0 Å². The monoisotopic (exact) mass is 283 g/mol. The summed E-state index contributed by atoms with van der Waals surface area (Å²) in [5, 5.41) is 0. The fourth-order valence-corrected chi connectivity index (χ4v) is 2.75. The first kappa shape index (κ1) is 13.8. The molecular weight excluding hydrogens is 262 g/mol. The number of aryl methyl sites for hydroxylation is 1. The molecule has 1 heterocycles. The molecule has 3 N–H and O–H groups in total. The van der Waals surface area contributed by atoms with E-state index in [-0.39, 0.29) is 0 Å². The van der Waals surface area contributed by atoms with Crippen LogP contribution in [0.1, 0.15) is 24.1 Å². The fraction of sp³-hybridized carbons (Fsp3) is 0.375. The minimum Gasteiger partial charge on any atom is -0.378 e. The zero-order valence-electron chi connectivity index (χ0n) is 12.6. The predicted octanol–water partition coefficient (Wildman–Crippen LogP) is 2.37. The molecule has 0 spiro atoms. The summed E-state index contributed by atoms with van der Waals surface area (Å²) in [5.41, 5.74) is 7.23. The van der Waals surface area contributed by atoms with Crippen LogP contribution < -0.4 is 16.2 Å². The van der Waals surface area contributed by atoms with Crippen LogP contribution in [-0.4, -0.2) is 24.1 Å². The molecule has 2 aromatic rings. The second-order valence-electron chi connectivity index (χ2n) is 5.61. The van der Waals surface area contributed by atoms with Crippen molar-refractivity contribution in [2.75, 3.05) is 24.4 Å². The SMILES string of the molecule is CN(C)c1ccc(-c2nc3c(c(NN)n2)CCCC3)cc1. The van der Waals surface area contributed by atoms with Crippen LogP contribution in [0.15, 0.2) is 24.3 Å². The number of nitrogens with one attached hydrogen (secondary N) is 1. The number of benzene rings is 1. The van der Waals surface area contributed by atoms with Crippen LogP contribution in [-0.2, 0) is 12.8 Å². The van der Waals surface area contributed by atoms with Crippen LogP contribution in [0.2, 0.25) is 0 Å². The molecule has 0 radical (unpaired) electrons. The Kier molecular flexibility index (Phi) is 3.75. The first-order chi connectivity index (χ1) is 10.2. The number of hydrazine groups is 1. The van der Waals surface area contributed by atoms with Gasteiger partial charge in [-0.25, -0.2) is 15.8 Å². The summed E-state index contributed by atoms with van der Waals surface area (Å²) in [7, 11) is 4.06. The highest BCUT2D eigenvalue weighted by Gasteiger charge is 2.17. The van der Waals surface area contributed by atoms with E-state index in [1.807, 2.05) is 14.1 Å². The van der Waals surface area contributed by atoms with Crippen molar-refractivity contribution >= 4 is 11.5 Å². The van der Waals surface area contributed by atoms with E-state index in [2.05, 4.69) is 39.6 Å². The van der Waals surface area contributed by atoms with Gasteiger partial charge in [0.1, 0.15) is 5.82 Å². The van der Waals surface area contributed by atoms with Gasteiger partial charge in [-0.15, -0.1) is 0 Å². The van der Waals surface area contributed by atoms with Gasteiger partial charge in [0, 0.05) is 36.6 Å². The van der Waals surface area contributed by atoms with E-state index in [0.717, 1.165) is 41.4 Å². The quantitative estimate of drug-likeness (QED) is 0.668. The van der Waals surface area contributed by atoms with Crippen molar-refractivity contribution in [3.63, 3.8) is 0 Å². The van der Waals surface area contributed by atoms with Gasteiger partial charge in [0.25, 0.3) is 0 Å². The number of hydrogen-bond donors (Lipinski definition) is 2. The van der Waals surface area contributed by atoms with Crippen LogP contribution in [0.5, 0.6) is 0 Å². The summed E-state index contributed by atoms with van der Waals surface area (Å²) < 4.78 is 0. The summed E-state index contributed by atoms with van der Waals surface area (Å²) in [5.74, 6) is 7.15. The molecule has 0 amide bonds. The minimum atomic E-state index is 0.744. The van der Waals surface area contributed by atoms with Crippen LogP contribution in [0.4, 0.5) is 11.5 Å². The Bertz CT molecular complexity index is 617. The molecule has 0 aliphatic heterocycles. The molecular formula is C16H21N5. The zero-order chi connectivity index (χ0) is 14.8. The lowest BCUT2D eigenvalue weighted by molar-refractivity contribution is 0.665. The summed E-state index contributed by atoms with van der Waals surface area (Å²) in [6.07, 6.45) is 4.39. The van der Waals surface area contributed by atoms with Crippen molar-refractivity contribution in [3.8, 4) is 11.4 Å². The average Bonchev–Trinajstić information content (AvgIpc) is 2.53. The molecule has 0 saturated carbocycles. The Morgan fingerprint density at radius 2 is 1.76 bits per heavy atom. The van der Waals surface area contributed by atoms with Gasteiger partial charge in [-0.2, -0.15) is 0 Å². The number of nitrogens with two attached hydrogens (primary N) is 1. The molecule has 1 aromatic carbocycles. The molecule has 0 unspecified atom stereocenters. The number of fused-ring (bicyclic) bond motifs is 1. The minimum absolute atomic E-state index is 0.744. The van der Waals surface area contributed by atoms with Crippen molar-refractivity contribution in [3.05, 3.63) is 35.5 Å². The van der Waals surface area contributed by atoms with E-state index < -0.39 is 0 Å². The Morgan fingerprint density at radius 1 is 1.05 bits per heavy atom. The van der Waals surface area contributed by atoms with E-state index in [1.54, 1.807) is 0 Å². The largest absolute Gasteiger partial charge is 0.378 e. The van der Waals surface area contributed by atoms with Crippen molar-refractivity contribution < 1.29 is 0 Å². The third-order valence-electron chi connectivity index (χ3n) is 3.96. The second-order valence-corrected chi connectivity index (χ2v) is 5.61. The number of nitrogen functional groups attached to an aromatic ring is 1. The maximum Gasteiger partial charge on any atom is 0.161 e. The molecule has 5 nitrogen and oxygen atoms in total. The lowest BCUT2D eigenvalue weighted by Gasteiger charge is -2.19. The third-order valence-corrected chi connectivity index (χ3v) is 3.96. The molecule has 1 aliphatic rings. The highest BCUT2D eigenvalue weighted by Crippen LogP contribution is 2.28. The first-order valence-corrected chi connectivity index (χ1v) is 7.33. The standard InChI is InChI=1S/C16H21N5/c1-21(2)12-9-7-11(8-10-12)15-18-14-6-4-3-5-13(14)16(19-15)20-17/h7-10H,3-6,17H2,1-2H3,(H,18,19,20). The van der Waals surface area contributed by atoms with Gasteiger partial charge >= 0.3 is 0 Å². The Morgan fingerprint density at radius 3 is 2.43 bits per heavy atom. The number of rotatable bonds is 3. The maximum absolute atomic E-state index is 5.64. The smallest absolute Gasteiger partial charge is 0.161 e. The average molecular weight is 283 g/mol. The summed E-state index contributed by atoms with van der Waals surface area (Å²) in [4.78, 5) is 11.4. The van der Waals surface area contributed by atoms with Gasteiger partial charge in [0.15, 0.2) is 5.82 Å². The highest BCUT2D eigenvalue weighted by atomic mass is 15.3. The topological polar surface area (TPSA) is 67.1 Å². The normalized spacial score (nSPS) is 13.7. The molecule has 0 bridgehead atoms. The number of nitrogens with zero attached hydrogens (tertiary/aromatic N) is 3. The van der Waals surface area contributed by atoms with Crippen molar-refractivity contribution in [2.45, 2.75) is 25.7 Å². The molecule has 0 fully saturated rings. The molecule has 21 heavy (non-hydrogen) atoms. The van der Waals surface area contributed by atoms with Crippen molar-refractivity contribution in [1.82, 2.24) is 9.97 Å². The van der Waals surface area contributed by atoms with E-state index in [0.29, 0.717) is 0 Å². The molecule has 1 aromatic heterocycles. The summed E-state index contributed by atoms with van der Waals surface area (Å²) in [6, 6.07) is 8.27. The van der Waals surface area contributed by atoms with Gasteiger partial charge < -0.3 is 10.3 Å². The van der Waals surface area contributed by atoms with Crippen molar-refractivity contribution in [2.24, 2.45) is 5.84 Å². The zero-order valence-corrected chi connectivity index (χ0v) is 12.6. The van der Waals surface area contributed by atoms with Crippen LogP contribution >= 0.6 is 0 Å². The highest BCUT2D eigenvalue weighted by molar-refractivity contribution is 5.63. The van der Waals surface area contributed by atoms with Gasteiger partial charge in [-0.3, -0.25) is 0 Å². The predicted molar refractivity (Wildman–Crippen MR) is 86.2 cm³/mol. The van der Waals surface area contributed by atoms with E-state index in [4.69, 9.17) is 10.8 Å². The number of aromatic nitrogens is 2. The first-order valence-electron chi connectivity index (χ1n) is 7.33. The summed E-state index contributed by atoms with van der Waals surface area (Å²) in [6.45, 7) is 0. The van der Waals surface area contributed by atoms with Gasteiger partial charge in [0.05, 0.1) is 0 Å². The number of anilines is 2. The number of hydrogen-bond acceptors (Lipinski definition) is 5. The molecule has 0 atom stereocenters. The van der Waals surface area contributed by atoms with Gasteiger partial charge in [-0.05, 0) is 49.9 Å². The molecule has 1 aliphatic carbocycles. The maximum atomic E-state index is 5.64. The van der Waals surface area contributed by atoms with E-state index in [1.165, 1.54) is 18.4 Å². The Hall–Kier alpha value is -2.14. The van der Waals surface area contributed by atoms with Crippen molar-refractivity contribution in [1.29, 1.82) is 0 Å². The molecule has 3 rings (SSSR count). The molecule has 5 heteroatoms. The van der Waals surface area contributed by atoms with E-state index in [9.17, 15) is 0 Å². The lowest BCUT2D eigenvalue weighted by atomic mass is 9.96. The van der Waals surface area contributed by atoms with Crippen LogP contribution in [0, 0.1) is 0 Å². The Balaban J connectivity index is 2.02. The third kappa shape index (κ3) is 2.69. The van der Waals surface area contributed by atoms with E-state index >= 15 is 0 Å².